The molecule has 2 heterocycles. The first kappa shape index (κ1) is 21.4. The van der Waals surface area contributed by atoms with Gasteiger partial charge in [0.1, 0.15) is 11.8 Å². The number of carbonyl (C=O) groups is 1. The molecule has 2 aliphatic rings. The number of amides is 2. The molecule has 0 spiro atoms. The number of aromatic nitrogens is 1. The van der Waals surface area contributed by atoms with Crippen molar-refractivity contribution in [2.24, 2.45) is 0 Å². The van der Waals surface area contributed by atoms with E-state index in [1.165, 1.54) is 0 Å². The molecule has 2 amide bonds. The van der Waals surface area contributed by atoms with E-state index in [0.717, 1.165) is 59.3 Å². The van der Waals surface area contributed by atoms with Crippen molar-refractivity contribution in [3.63, 3.8) is 0 Å². The Balaban J connectivity index is 1.43. The Bertz CT molecular complexity index is 1200. The van der Waals surface area contributed by atoms with Crippen LogP contribution in [0.4, 0.5) is 10.5 Å². The number of fused-ring (bicyclic) bond motifs is 1. The first-order valence-corrected chi connectivity index (χ1v) is 11.6. The van der Waals surface area contributed by atoms with Crippen LogP contribution in [-0.2, 0) is 4.74 Å². The molecule has 1 aliphatic heterocycles. The Hall–Kier alpha value is -3.50. The second-order valence-electron chi connectivity index (χ2n) is 8.61. The molecule has 0 atom stereocenters. The number of hydrogen-bond acceptors (Lipinski definition) is 4. The quantitative estimate of drug-likeness (QED) is 0.546. The fourth-order valence-corrected chi connectivity index (χ4v) is 4.56. The molecule has 7 nitrogen and oxygen atoms in total. The molecule has 1 saturated carbocycles. The number of nitriles is 1. The van der Waals surface area contributed by atoms with E-state index in [1.807, 2.05) is 49.4 Å². The molecular weight excluding hydrogens is 416 g/mol. The van der Waals surface area contributed by atoms with Crippen LogP contribution in [0.15, 0.2) is 42.5 Å². The average Bonchev–Trinajstić information content (AvgIpc) is 3.61. The van der Waals surface area contributed by atoms with Crippen LogP contribution in [0.1, 0.15) is 44.2 Å². The summed E-state index contributed by atoms with van der Waals surface area (Å²) in [7, 11) is 0. The number of nitrogens with zero attached hydrogens (tertiary/aromatic N) is 2. The molecule has 1 saturated heterocycles. The molecule has 0 unspecified atom stereocenters. The van der Waals surface area contributed by atoms with E-state index in [1.54, 1.807) is 0 Å². The van der Waals surface area contributed by atoms with Crippen LogP contribution in [0.3, 0.4) is 0 Å². The summed E-state index contributed by atoms with van der Waals surface area (Å²) in [6.45, 7) is 3.93. The Morgan fingerprint density at radius 1 is 1.15 bits per heavy atom. The van der Waals surface area contributed by atoms with E-state index < -0.39 is 0 Å². The lowest BCUT2D eigenvalue weighted by atomic mass is 10.1. The van der Waals surface area contributed by atoms with Crippen molar-refractivity contribution in [3.05, 3.63) is 48.0 Å². The van der Waals surface area contributed by atoms with Gasteiger partial charge >= 0.3 is 6.03 Å². The molecule has 3 aromatic rings. The second-order valence-corrected chi connectivity index (χ2v) is 8.61. The normalized spacial score (nSPS) is 16.4. The highest BCUT2D eigenvalue weighted by Gasteiger charge is 2.30. The number of benzene rings is 2. The first-order chi connectivity index (χ1) is 16.2. The summed E-state index contributed by atoms with van der Waals surface area (Å²) in [5.41, 5.74) is 4.32. The van der Waals surface area contributed by atoms with Crippen molar-refractivity contribution >= 4 is 22.6 Å². The van der Waals surface area contributed by atoms with Gasteiger partial charge in [-0.15, -0.1) is 0 Å². The van der Waals surface area contributed by atoms with Gasteiger partial charge in [0.15, 0.2) is 0 Å². The van der Waals surface area contributed by atoms with Crippen LogP contribution < -0.4 is 15.4 Å². The van der Waals surface area contributed by atoms with Crippen LogP contribution in [0.25, 0.3) is 22.2 Å². The van der Waals surface area contributed by atoms with Crippen LogP contribution in [-0.4, -0.2) is 36.5 Å². The van der Waals surface area contributed by atoms with E-state index in [2.05, 4.69) is 21.3 Å². The lowest BCUT2D eigenvalue weighted by molar-refractivity contribution is 0.0806. The lowest BCUT2D eigenvalue weighted by Gasteiger charge is -2.23. The Labute approximate surface area is 193 Å². The number of nitrogens with one attached hydrogen (secondary N) is 2. The van der Waals surface area contributed by atoms with Gasteiger partial charge < -0.3 is 24.7 Å². The maximum absolute atomic E-state index is 12.4. The van der Waals surface area contributed by atoms with Crippen molar-refractivity contribution in [1.29, 1.82) is 5.26 Å². The Morgan fingerprint density at radius 2 is 1.91 bits per heavy atom. The summed E-state index contributed by atoms with van der Waals surface area (Å²) in [6.07, 6.45) is 3.87. The molecule has 33 heavy (non-hydrogen) atoms. The zero-order valence-corrected chi connectivity index (χ0v) is 18.8. The lowest BCUT2D eigenvalue weighted by Crippen LogP contribution is -2.41. The van der Waals surface area contributed by atoms with Crippen LogP contribution in [0.2, 0.25) is 0 Å². The molecule has 1 aromatic heterocycles. The zero-order valence-electron chi connectivity index (χ0n) is 18.8. The molecule has 0 radical (unpaired) electrons. The second kappa shape index (κ2) is 9.16. The summed E-state index contributed by atoms with van der Waals surface area (Å²) in [5.74, 6) is 0.815. The van der Waals surface area contributed by atoms with Gasteiger partial charge in [-0.25, -0.2) is 4.79 Å². The van der Waals surface area contributed by atoms with Crippen molar-refractivity contribution in [2.45, 2.75) is 44.7 Å². The molecule has 5 rings (SSSR count). The third-order valence-corrected chi connectivity index (χ3v) is 6.28. The van der Waals surface area contributed by atoms with E-state index in [4.69, 9.17) is 9.47 Å². The molecule has 7 heteroatoms. The van der Waals surface area contributed by atoms with Gasteiger partial charge in [0.05, 0.1) is 23.4 Å². The van der Waals surface area contributed by atoms with E-state index in [-0.39, 0.29) is 12.1 Å². The van der Waals surface area contributed by atoms with E-state index >= 15 is 0 Å². The molecule has 2 aromatic carbocycles. The highest BCUT2D eigenvalue weighted by molar-refractivity contribution is 5.96. The van der Waals surface area contributed by atoms with Gasteiger partial charge in [-0.05, 0) is 62.4 Å². The Morgan fingerprint density at radius 3 is 2.58 bits per heavy atom. The number of rotatable bonds is 6. The topological polar surface area (TPSA) is 88.3 Å². The number of ether oxygens (including phenoxy) is 2. The summed E-state index contributed by atoms with van der Waals surface area (Å²) >= 11 is 0. The van der Waals surface area contributed by atoms with Crippen molar-refractivity contribution in [3.8, 4) is 23.1 Å². The summed E-state index contributed by atoms with van der Waals surface area (Å²) < 4.78 is 13.3. The van der Waals surface area contributed by atoms with Crippen LogP contribution >= 0.6 is 0 Å². The molecule has 2 fully saturated rings. The molecule has 2 N–H and O–H groups in total. The Kier molecular flexibility index (Phi) is 5.93. The summed E-state index contributed by atoms with van der Waals surface area (Å²) in [5, 5.41) is 16.9. The summed E-state index contributed by atoms with van der Waals surface area (Å²) in [6, 6.07) is 16.4. The third-order valence-electron chi connectivity index (χ3n) is 6.28. The maximum atomic E-state index is 12.4. The van der Waals surface area contributed by atoms with Crippen molar-refractivity contribution in [1.82, 2.24) is 9.88 Å². The largest absolute Gasteiger partial charge is 0.494 e. The highest BCUT2D eigenvalue weighted by Crippen LogP contribution is 2.45. The molecule has 170 valence electrons. The standard InChI is InChI=1S/C26H28N4O3/c1-2-33-21-9-10-22-23(16-27)25(30(20-7-8-20)24(22)15-21)17-3-5-18(6-4-17)28-26(31)29-19-11-13-32-14-12-19/h3-6,9-10,15,19-20H,2,7-8,11-14H2,1H3,(H2,28,29,31). The van der Waals surface area contributed by atoms with Crippen LogP contribution in [0, 0.1) is 11.3 Å². The molecule has 1 aliphatic carbocycles. The summed E-state index contributed by atoms with van der Waals surface area (Å²) in [4.78, 5) is 12.4. The first-order valence-electron chi connectivity index (χ1n) is 11.6. The van der Waals surface area contributed by atoms with Gasteiger partial charge in [0.25, 0.3) is 0 Å². The van der Waals surface area contributed by atoms with Crippen molar-refractivity contribution < 1.29 is 14.3 Å². The van der Waals surface area contributed by atoms with E-state index in [9.17, 15) is 10.1 Å². The fraction of sp³-hybridized carbons (Fsp3) is 0.385. The highest BCUT2D eigenvalue weighted by atomic mass is 16.5. The molecule has 0 bridgehead atoms. The number of urea groups is 1. The smallest absolute Gasteiger partial charge is 0.319 e. The van der Waals surface area contributed by atoms with Gasteiger partial charge in [0.2, 0.25) is 0 Å². The van der Waals surface area contributed by atoms with Crippen LogP contribution in [0.5, 0.6) is 5.75 Å². The average molecular weight is 445 g/mol. The monoisotopic (exact) mass is 444 g/mol. The number of hydrogen-bond donors (Lipinski definition) is 2. The van der Waals surface area contributed by atoms with Gasteiger partial charge in [-0.1, -0.05) is 12.1 Å². The van der Waals surface area contributed by atoms with Crippen molar-refractivity contribution in [2.75, 3.05) is 25.1 Å². The fourth-order valence-electron chi connectivity index (χ4n) is 4.56. The van der Waals surface area contributed by atoms with E-state index in [0.29, 0.717) is 31.4 Å². The molecular formula is C26H28N4O3. The minimum absolute atomic E-state index is 0.145. The predicted molar refractivity (Wildman–Crippen MR) is 128 cm³/mol. The maximum Gasteiger partial charge on any atom is 0.319 e. The third kappa shape index (κ3) is 4.39. The van der Waals surface area contributed by atoms with Gasteiger partial charge in [-0.3, -0.25) is 0 Å². The van der Waals surface area contributed by atoms with Gasteiger partial charge in [-0.2, -0.15) is 5.26 Å². The minimum atomic E-state index is -0.206. The minimum Gasteiger partial charge on any atom is -0.494 e. The SMILES string of the molecule is CCOc1ccc2c(C#N)c(-c3ccc(NC(=O)NC4CCOCC4)cc3)n(C3CC3)c2c1. The number of anilines is 1. The number of carbonyl (C=O) groups excluding carboxylic acids is 1. The van der Waals surface area contributed by atoms with Gasteiger partial charge in [0, 0.05) is 42.4 Å². The zero-order chi connectivity index (χ0) is 22.8. The predicted octanol–water partition coefficient (Wildman–Crippen LogP) is 5.21.